The molecule has 1 unspecified atom stereocenters. The summed E-state index contributed by atoms with van der Waals surface area (Å²) in [5, 5.41) is 13.7. The Balaban J connectivity index is 2.14. The predicted octanol–water partition coefficient (Wildman–Crippen LogP) is 1.51. The largest absolute Gasteiger partial charge is 0.478 e. The number of hydrogen-bond donors (Lipinski definition) is 3. The number of thiazole rings is 1. The van der Waals surface area contributed by atoms with Crippen molar-refractivity contribution in [3.8, 4) is 0 Å². The molecule has 0 spiro atoms. The number of nitrogens with zero attached hydrogens (tertiary/aromatic N) is 2. The van der Waals surface area contributed by atoms with E-state index in [0.717, 1.165) is 0 Å². The fraction of sp³-hybridized carbons (Fsp3) is 0.167. The molecular formula is C12H12N4O3S. The lowest BCUT2D eigenvalue weighted by atomic mass is 10.2. The number of aromatic carboxylic acids is 1. The SMILES string of the molecule is CC(N)c1nc(C(=O)Nc2cncc(C(=O)O)c2)cs1. The number of hydrogen-bond acceptors (Lipinski definition) is 6. The number of carboxylic acids is 1. The Morgan fingerprint density at radius 1 is 1.45 bits per heavy atom. The second kappa shape index (κ2) is 5.76. The van der Waals surface area contributed by atoms with Gasteiger partial charge in [0.25, 0.3) is 5.91 Å². The van der Waals surface area contributed by atoms with Crippen molar-refractivity contribution in [1.82, 2.24) is 9.97 Å². The van der Waals surface area contributed by atoms with Gasteiger partial charge in [0.2, 0.25) is 0 Å². The number of rotatable bonds is 4. The van der Waals surface area contributed by atoms with E-state index in [2.05, 4.69) is 15.3 Å². The summed E-state index contributed by atoms with van der Waals surface area (Å²) in [7, 11) is 0. The number of carbonyl (C=O) groups excluding carboxylic acids is 1. The first-order chi connectivity index (χ1) is 9.47. The fourth-order valence-electron chi connectivity index (χ4n) is 1.42. The molecule has 0 saturated heterocycles. The van der Waals surface area contributed by atoms with E-state index in [4.69, 9.17) is 10.8 Å². The molecule has 2 aromatic rings. The van der Waals surface area contributed by atoms with Crippen molar-refractivity contribution in [2.45, 2.75) is 13.0 Å². The number of carboxylic acid groups (broad SMARTS) is 1. The van der Waals surface area contributed by atoms with Crippen LogP contribution in [-0.2, 0) is 0 Å². The predicted molar refractivity (Wildman–Crippen MR) is 73.9 cm³/mol. The summed E-state index contributed by atoms with van der Waals surface area (Å²) in [6.45, 7) is 1.78. The molecule has 0 aromatic carbocycles. The molecule has 2 heterocycles. The van der Waals surface area contributed by atoms with Gasteiger partial charge in [-0.3, -0.25) is 9.78 Å². The first kappa shape index (κ1) is 14.1. The maximum absolute atomic E-state index is 11.9. The van der Waals surface area contributed by atoms with Crippen molar-refractivity contribution < 1.29 is 14.7 Å². The van der Waals surface area contributed by atoms with E-state index in [0.29, 0.717) is 10.7 Å². The number of nitrogens with one attached hydrogen (secondary N) is 1. The van der Waals surface area contributed by atoms with Crippen molar-refractivity contribution in [3.05, 3.63) is 40.1 Å². The summed E-state index contributed by atoms with van der Waals surface area (Å²) >= 11 is 1.30. The Kier molecular flexibility index (Phi) is 4.06. The van der Waals surface area contributed by atoms with Crippen LogP contribution in [0.25, 0.3) is 0 Å². The average molecular weight is 292 g/mol. The van der Waals surface area contributed by atoms with Gasteiger partial charge in [0.1, 0.15) is 10.7 Å². The van der Waals surface area contributed by atoms with Crippen LogP contribution in [0, 0.1) is 0 Å². The Labute approximate surface area is 118 Å². The number of aromatic nitrogens is 2. The Bertz CT molecular complexity index is 654. The molecule has 2 rings (SSSR count). The van der Waals surface area contributed by atoms with E-state index < -0.39 is 11.9 Å². The van der Waals surface area contributed by atoms with Crippen molar-refractivity contribution in [2.75, 3.05) is 5.32 Å². The first-order valence-electron chi connectivity index (χ1n) is 5.68. The van der Waals surface area contributed by atoms with Gasteiger partial charge in [-0.05, 0) is 13.0 Å². The number of amides is 1. The highest BCUT2D eigenvalue weighted by molar-refractivity contribution is 7.09. The minimum Gasteiger partial charge on any atom is -0.478 e. The zero-order valence-corrected chi connectivity index (χ0v) is 11.3. The van der Waals surface area contributed by atoms with E-state index in [1.807, 2.05) is 0 Å². The minimum atomic E-state index is -1.11. The third-order valence-electron chi connectivity index (χ3n) is 2.39. The van der Waals surface area contributed by atoms with Crippen molar-refractivity contribution in [2.24, 2.45) is 5.73 Å². The van der Waals surface area contributed by atoms with Crippen molar-refractivity contribution in [3.63, 3.8) is 0 Å². The van der Waals surface area contributed by atoms with Gasteiger partial charge in [-0.2, -0.15) is 0 Å². The number of anilines is 1. The van der Waals surface area contributed by atoms with Gasteiger partial charge in [-0.25, -0.2) is 9.78 Å². The van der Waals surface area contributed by atoms with Gasteiger partial charge in [0.05, 0.1) is 23.5 Å². The molecule has 2 aromatic heterocycles. The molecule has 0 aliphatic rings. The van der Waals surface area contributed by atoms with Gasteiger partial charge in [0.15, 0.2) is 0 Å². The van der Waals surface area contributed by atoms with E-state index in [-0.39, 0.29) is 17.3 Å². The quantitative estimate of drug-likeness (QED) is 0.786. The standard InChI is InChI=1S/C12H12N4O3S/c1-6(13)11-16-9(5-20-11)10(17)15-8-2-7(12(18)19)3-14-4-8/h2-6H,13H2,1H3,(H,15,17)(H,18,19). The molecule has 0 radical (unpaired) electrons. The summed E-state index contributed by atoms with van der Waals surface area (Å²) < 4.78 is 0. The van der Waals surface area contributed by atoms with Gasteiger partial charge in [-0.1, -0.05) is 0 Å². The van der Waals surface area contributed by atoms with Crippen LogP contribution in [0.1, 0.15) is 38.8 Å². The number of carbonyl (C=O) groups is 2. The second-order valence-corrected chi connectivity index (χ2v) is 4.97. The van der Waals surface area contributed by atoms with E-state index in [1.54, 1.807) is 12.3 Å². The highest BCUT2D eigenvalue weighted by Crippen LogP contribution is 2.17. The smallest absolute Gasteiger partial charge is 0.337 e. The van der Waals surface area contributed by atoms with Gasteiger partial charge < -0.3 is 16.2 Å². The summed E-state index contributed by atoms with van der Waals surface area (Å²) in [6.07, 6.45) is 2.57. The molecule has 1 atom stereocenters. The molecule has 0 aliphatic heterocycles. The van der Waals surface area contributed by atoms with E-state index >= 15 is 0 Å². The number of nitrogens with two attached hydrogens (primary N) is 1. The highest BCUT2D eigenvalue weighted by atomic mass is 32.1. The molecule has 104 valence electrons. The van der Waals surface area contributed by atoms with E-state index in [9.17, 15) is 9.59 Å². The minimum absolute atomic E-state index is 0.00246. The summed E-state index contributed by atoms with van der Waals surface area (Å²) in [5.41, 5.74) is 6.21. The van der Waals surface area contributed by atoms with Crippen LogP contribution in [-0.4, -0.2) is 27.0 Å². The highest BCUT2D eigenvalue weighted by Gasteiger charge is 2.13. The van der Waals surface area contributed by atoms with Crippen LogP contribution in [0.15, 0.2) is 23.8 Å². The van der Waals surface area contributed by atoms with Crippen LogP contribution in [0.4, 0.5) is 5.69 Å². The zero-order chi connectivity index (χ0) is 14.7. The molecular weight excluding hydrogens is 280 g/mol. The normalized spacial score (nSPS) is 11.9. The first-order valence-corrected chi connectivity index (χ1v) is 6.56. The zero-order valence-electron chi connectivity index (χ0n) is 10.5. The monoisotopic (exact) mass is 292 g/mol. The third-order valence-corrected chi connectivity index (χ3v) is 3.43. The molecule has 20 heavy (non-hydrogen) atoms. The molecule has 0 aliphatic carbocycles. The second-order valence-electron chi connectivity index (χ2n) is 4.08. The summed E-state index contributed by atoms with van der Waals surface area (Å²) in [6, 6.07) is 1.09. The Morgan fingerprint density at radius 2 is 2.20 bits per heavy atom. The Morgan fingerprint density at radius 3 is 2.80 bits per heavy atom. The lowest BCUT2D eigenvalue weighted by Crippen LogP contribution is -2.14. The topological polar surface area (TPSA) is 118 Å². The third kappa shape index (κ3) is 3.16. The fourth-order valence-corrected chi connectivity index (χ4v) is 2.18. The molecule has 0 saturated carbocycles. The number of pyridine rings is 1. The lowest BCUT2D eigenvalue weighted by Gasteiger charge is -2.03. The van der Waals surface area contributed by atoms with Crippen LogP contribution in [0.2, 0.25) is 0 Å². The van der Waals surface area contributed by atoms with Crippen LogP contribution in [0.3, 0.4) is 0 Å². The van der Waals surface area contributed by atoms with Crippen molar-refractivity contribution in [1.29, 1.82) is 0 Å². The molecule has 7 nitrogen and oxygen atoms in total. The average Bonchev–Trinajstić information content (AvgIpc) is 2.88. The maximum Gasteiger partial charge on any atom is 0.337 e. The summed E-state index contributed by atoms with van der Waals surface area (Å²) in [4.78, 5) is 30.6. The molecule has 8 heteroatoms. The van der Waals surface area contributed by atoms with Crippen LogP contribution >= 0.6 is 11.3 Å². The maximum atomic E-state index is 11.9. The van der Waals surface area contributed by atoms with Gasteiger partial charge >= 0.3 is 5.97 Å². The Hall–Kier alpha value is -2.32. The van der Waals surface area contributed by atoms with Crippen molar-refractivity contribution >= 4 is 28.9 Å². The molecule has 4 N–H and O–H groups in total. The van der Waals surface area contributed by atoms with Crippen LogP contribution < -0.4 is 11.1 Å². The van der Waals surface area contributed by atoms with Gasteiger partial charge in [-0.15, -0.1) is 11.3 Å². The molecule has 0 bridgehead atoms. The molecule has 1 amide bonds. The molecule has 0 fully saturated rings. The lowest BCUT2D eigenvalue weighted by molar-refractivity contribution is 0.0696. The van der Waals surface area contributed by atoms with Gasteiger partial charge in [0, 0.05) is 11.6 Å². The van der Waals surface area contributed by atoms with E-state index in [1.165, 1.54) is 29.8 Å². The summed E-state index contributed by atoms with van der Waals surface area (Å²) in [5.74, 6) is -1.54. The van der Waals surface area contributed by atoms with Crippen LogP contribution in [0.5, 0.6) is 0 Å².